The van der Waals surface area contributed by atoms with Gasteiger partial charge in [0.15, 0.2) is 11.6 Å². The second kappa shape index (κ2) is 4.33. The molecule has 2 rings (SSSR count). The molecule has 15 heavy (non-hydrogen) atoms. The Bertz CT molecular complexity index is 481. The van der Waals surface area contributed by atoms with E-state index in [0.29, 0.717) is 0 Å². The molecule has 0 amide bonds. The van der Waals surface area contributed by atoms with Crippen molar-refractivity contribution in [1.82, 2.24) is 0 Å². The predicted octanol–water partition coefficient (Wildman–Crippen LogP) is 4.33. The first-order chi connectivity index (χ1) is 7.20. The predicted molar refractivity (Wildman–Crippen MR) is 64.0 cm³/mol. The van der Waals surface area contributed by atoms with Crippen molar-refractivity contribution < 1.29 is 9.13 Å². The van der Waals surface area contributed by atoms with Gasteiger partial charge in [0.25, 0.3) is 0 Å². The third kappa shape index (κ3) is 2.21. The molecule has 0 aliphatic rings. The quantitative estimate of drug-likeness (QED) is 0.799. The van der Waals surface area contributed by atoms with Crippen LogP contribution in [-0.2, 0) is 0 Å². The molecule has 1 heterocycles. The summed E-state index contributed by atoms with van der Waals surface area (Å²) in [7, 11) is 1.46. The molecule has 0 fully saturated rings. The summed E-state index contributed by atoms with van der Waals surface area (Å²) in [5, 5.41) is 0. The number of halogens is 2. The lowest BCUT2D eigenvalue weighted by Crippen LogP contribution is -1.87. The van der Waals surface area contributed by atoms with E-state index in [1.807, 2.05) is 18.2 Å². The van der Waals surface area contributed by atoms with Crippen molar-refractivity contribution in [3.05, 3.63) is 39.9 Å². The fourth-order valence-corrected chi connectivity index (χ4v) is 2.67. The monoisotopic (exact) mass is 286 g/mol. The van der Waals surface area contributed by atoms with Crippen molar-refractivity contribution in [3.63, 3.8) is 0 Å². The Morgan fingerprint density at radius 2 is 2.07 bits per heavy atom. The SMILES string of the molecule is COc1ccc(-c2ccc(Br)s2)cc1F. The average Bonchev–Trinajstić information content (AvgIpc) is 2.65. The Balaban J connectivity index is 2.42. The van der Waals surface area contributed by atoms with Crippen LogP contribution in [0.1, 0.15) is 0 Å². The van der Waals surface area contributed by atoms with Crippen molar-refractivity contribution in [2.75, 3.05) is 7.11 Å². The van der Waals surface area contributed by atoms with Crippen LogP contribution < -0.4 is 4.74 Å². The van der Waals surface area contributed by atoms with Crippen molar-refractivity contribution in [3.8, 4) is 16.2 Å². The van der Waals surface area contributed by atoms with Crippen LogP contribution in [0.15, 0.2) is 34.1 Å². The number of rotatable bonds is 2. The average molecular weight is 287 g/mol. The fourth-order valence-electron chi connectivity index (χ4n) is 1.29. The van der Waals surface area contributed by atoms with E-state index in [-0.39, 0.29) is 11.6 Å². The lowest BCUT2D eigenvalue weighted by Gasteiger charge is -2.03. The molecule has 0 bridgehead atoms. The van der Waals surface area contributed by atoms with Crippen LogP contribution in [0.5, 0.6) is 5.75 Å². The first-order valence-electron chi connectivity index (χ1n) is 4.30. The van der Waals surface area contributed by atoms with Crippen LogP contribution in [-0.4, -0.2) is 7.11 Å². The molecular weight excluding hydrogens is 279 g/mol. The zero-order valence-electron chi connectivity index (χ0n) is 7.96. The summed E-state index contributed by atoms with van der Waals surface area (Å²) in [6, 6.07) is 8.87. The summed E-state index contributed by atoms with van der Waals surface area (Å²) >= 11 is 4.95. The van der Waals surface area contributed by atoms with Gasteiger partial charge in [-0.3, -0.25) is 0 Å². The topological polar surface area (TPSA) is 9.23 Å². The van der Waals surface area contributed by atoms with Gasteiger partial charge >= 0.3 is 0 Å². The van der Waals surface area contributed by atoms with E-state index in [9.17, 15) is 4.39 Å². The van der Waals surface area contributed by atoms with Gasteiger partial charge < -0.3 is 4.74 Å². The molecule has 1 aromatic carbocycles. The molecule has 78 valence electrons. The molecule has 0 N–H and O–H groups in total. The highest BCUT2D eigenvalue weighted by Crippen LogP contribution is 2.33. The number of hydrogen-bond donors (Lipinski definition) is 0. The Hall–Kier alpha value is -0.870. The summed E-state index contributed by atoms with van der Waals surface area (Å²) in [6.45, 7) is 0. The van der Waals surface area contributed by atoms with Gasteiger partial charge in [-0.15, -0.1) is 11.3 Å². The maximum Gasteiger partial charge on any atom is 0.165 e. The van der Waals surface area contributed by atoms with Crippen molar-refractivity contribution in [1.29, 1.82) is 0 Å². The maximum atomic E-state index is 13.4. The van der Waals surface area contributed by atoms with Crippen molar-refractivity contribution >= 4 is 27.3 Å². The van der Waals surface area contributed by atoms with Crippen molar-refractivity contribution in [2.24, 2.45) is 0 Å². The summed E-state index contributed by atoms with van der Waals surface area (Å²) in [4.78, 5) is 1.03. The minimum atomic E-state index is -0.334. The lowest BCUT2D eigenvalue weighted by atomic mass is 10.2. The summed E-state index contributed by atoms with van der Waals surface area (Å²) < 4.78 is 19.3. The van der Waals surface area contributed by atoms with E-state index < -0.39 is 0 Å². The largest absolute Gasteiger partial charge is 0.494 e. The number of methoxy groups -OCH3 is 1. The highest BCUT2D eigenvalue weighted by Gasteiger charge is 2.06. The maximum absolute atomic E-state index is 13.4. The summed E-state index contributed by atoms with van der Waals surface area (Å²) in [5.41, 5.74) is 0.865. The molecule has 0 radical (unpaired) electrons. The fraction of sp³-hybridized carbons (Fsp3) is 0.0909. The number of ether oxygens (including phenoxy) is 1. The Kier molecular flexibility index (Phi) is 3.07. The minimum absolute atomic E-state index is 0.273. The Morgan fingerprint density at radius 1 is 1.27 bits per heavy atom. The molecule has 1 aromatic heterocycles. The summed E-state index contributed by atoms with van der Waals surface area (Å²) in [6.07, 6.45) is 0. The van der Waals surface area contributed by atoms with Gasteiger partial charge in [-0.2, -0.15) is 0 Å². The van der Waals surface area contributed by atoms with Gasteiger partial charge in [-0.1, -0.05) is 0 Å². The highest BCUT2D eigenvalue weighted by atomic mass is 79.9. The Morgan fingerprint density at radius 3 is 2.60 bits per heavy atom. The van der Waals surface area contributed by atoms with E-state index in [1.165, 1.54) is 13.2 Å². The van der Waals surface area contributed by atoms with E-state index in [1.54, 1.807) is 17.4 Å². The van der Waals surface area contributed by atoms with Crippen LogP contribution >= 0.6 is 27.3 Å². The normalized spacial score (nSPS) is 10.3. The second-order valence-electron chi connectivity index (χ2n) is 2.95. The summed E-state index contributed by atoms with van der Waals surface area (Å²) in [5.74, 6) is -0.0612. The zero-order chi connectivity index (χ0) is 10.8. The molecule has 0 unspecified atom stereocenters. The van der Waals surface area contributed by atoms with E-state index >= 15 is 0 Å². The van der Waals surface area contributed by atoms with Gasteiger partial charge in [-0.25, -0.2) is 4.39 Å². The number of hydrogen-bond acceptors (Lipinski definition) is 2. The minimum Gasteiger partial charge on any atom is -0.494 e. The van der Waals surface area contributed by atoms with Gasteiger partial charge in [0.2, 0.25) is 0 Å². The molecule has 2 aromatic rings. The van der Waals surface area contributed by atoms with Crippen LogP contribution in [0, 0.1) is 5.82 Å². The molecule has 0 aliphatic heterocycles. The molecule has 0 aliphatic carbocycles. The third-order valence-corrected chi connectivity index (χ3v) is 3.68. The second-order valence-corrected chi connectivity index (χ2v) is 5.42. The smallest absolute Gasteiger partial charge is 0.165 e. The van der Waals surface area contributed by atoms with E-state index in [0.717, 1.165) is 14.2 Å². The number of benzene rings is 1. The van der Waals surface area contributed by atoms with Crippen molar-refractivity contribution in [2.45, 2.75) is 0 Å². The molecule has 0 atom stereocenters. The first-order valence-corrected chi connectivity index (χ1v) is 5.91. The van der Waals surface area contributed by atoms with Crippen LogP contribution in [0.4, 0.5) is 4.39 Å². The zero-order valence-corrected chi connectivity index (χ0v) is 10.4. The Labute approximate surface area is 99.6 Å². The van der Waals surface area contributed by atoms with E-state index in [2.05, 4.69) is 15.9 Å². The number of thiophene rings is 1. The first kappa shape index (κ1) is 10.6. The highest BCUT2D eigenvalue weighted by molar-refractivity contribution is 9.11. The standard InChI is InChI=1S/C11H8BrFOS/c1-14-9-3-2-7(6-8(9)13)10-4-5-11(12)15-10/h2-6H,1H3. The molecular formula is C11H8BrFOS. The van der Waals surface area contributed by atoms with E-state index in [4.69, 9.17) is 4.74 Å². The van der Waals surface area contributed by atoms with Crippen LogP contribution in [0.3, 0.4) is 0 Å². The molecule has 1 nitrogen and oxygen atoms in total. The van der Waals surface area contributed by atoms with Gasteiger partial charge in [0.05, 0.1) is 10.9 Å². The third-order valence-electron chi connectivity index (χ3n) is 2.01. The van der Waals surface area contributed by atoms with Gasteiger partial charge in [0, 0.05) is 4.88 Å². The van der Waals surface area contributed by atoms with Crippen LogP contribution in [0.25, 0.3) is 10.4 Å². The van der Waals surface area contributed by atoms with Crippen LogP contribution in [0.2, 0.25) is 0 Å². The molecule has 0 saturated carbocycles. The van der Waals surface area contributed by atoms with Gasteiger partial charge in [0.1, 0.15) is 0 Å². The van der Waals surface area contributed by atoms with Gasteiger partial charge in [-0.05, 0) is 51.8 Å². The molecule has 4 heteroatoms. The lowest BCUT2D eigenvalue weighted by molar-refractivity contribution is 0.386. The molecule has 0 saturated heterocycles. The molecule has 0 spiro atoms.